The zero-order valence-corrected chi connectivity index (χ0v) is 22.4. The Balaban J connectivity index is 1.02. The molecule has 12 nitrogen and oxygen atoms in total. The van der Waals surface area contributed by atoms with Gasteiger partial charge in [-0.15, -0.1) is 5.10 Å². The summed E-state index contributed by atoms with van der Waals surface area (Å²) in [7, 11) is 0. The standard InChI is InChI=1S/C25H29F2N9O3S/c26-17-14-18(27)21(39-16-3-12-40(37)13-4-16)15-19(17)35-9-7-34(8-10-35)6-5-29-24-31-23(28)36-25(32-24)30-22(33-36)20-2-1-11-38-20/h1-2,11,14-16H,3-10,12-13H2,(H3,28,29,30,31,32,33)/t16-,40-. The molecule has 0 unspecified atom stereocenters. The lowest BCUT2D eigenvalue weighted by molar-refractivity contribution is 0.181. The lowest BCUT2D eigenvalue weighted by atomic mass is 10.2. The monoisotopic (exact) mass is 573 g/mol. The summed E-state index contributed by atoms with van der Waals surface area (Å²) in [5.41, 5.74) is 6.37. The molecule has 212 valence electrons. The molecule has 0 saturated carbocycles. The molecular weight excluding hydrogens is 544 g/mol. The number of nitrogens with two attached hydrogens (primary N) is 1. The molecule has 5 heterocycles. The van der Waals surface area contributed by atoms with E-state index in [2.05, 4.69) is 30.3 Å². The van der Waals surface area contributed by atoms with Crippen LogP contribution in [0.5, 0.6) is 5.75 Å². The molecule has 15 heteroatoms. The van der Waals surface area contributed by atoms with Gasteiger partial charge < -0.3 is 29.7 Å². The number of ether oxygens (including phenoxy) is 1. The summed E-state index contributed by atoms with van der Waals surface area (Å²) in [6.45, 7) is 3.81. The zero-order valence-electron chi connectivity index (χ0n) is 21.6. The highest BCUT2D eigenvalue weighted by Gasteiger charge is 2.26. The van der Waals surface area contributed by atoms with Crippen molar-refractivity contribution in [3.05, 3.63) is 42.2 Å². The molecule has 0 radical (unpaired) electrons. The Labute approximate surface area is 231 Å². The summed E-state index contributed by atoms with van der Waals surface area (Å²) in [5, 5.41) is 7.46. The first-order chi connectivity index (χ1) is 19.4. The number of piperazine rings is 1. The third-order valence-corrected chi connectivity index (χ3v) is 8.41. The molecular formula is C25H29F2N9O3S. The number of furan rings is 1. The van der Waals surface area contributed by atoms with Gasteiger partial charge in [0.25, 0.3) is 5.78 Å². The number of hydrogen-bond donors (Lipinski definition) is 2. The molecule has 1 aromatic carbocycles. The van der Waals surface area contributed by atoms with Gasteiger partial charge in [-0.2, -0.15) is 19.5 Å². The predicted molar refractivity (Wildman–Crippen MR) is 146 cm³/mol. The van der Waals surface area contributed by atoms with Crippen LogP contribution >= 0.6 is 0 Å². The largest absolute Gasteiger partial charge is 0.616 e. The van der Waals surface area contributed by atoms with Gasteiger partial charge in [0.05, 0.1) is 12.0 Å². The molecule has 2 aliphatic rings. The highest BCUT2D eigenvalue weighted by atomic mass is 32.2. The first-order valence-corrected chi connectivity index (χ1v) is 14.6. The SMILES string of the molecule is Nc1nc(NCCN2CCN(c3cc(O[C@H]4CC[S@+]([O-])CC4)c(F)cc3F)CC2)nc2nc(-c3ccco3)nn12. The van der Waals surface area contributed by atoms with Gasteiger partial charge in [0.2, 0.25) is 17.7 Å². The molecule has 0 atom stereocenters. The Morgan fingerprint density at radius 2 is 1.90 bits per heavy atom. The van der Waals surface area contributed by atoms with Crippen LogP contribution in [0.2, 0.25) is 0 Å². The number of rotatable bonds is 8. The Hall–Kier alpha value is -3.69. The lowest BCUT2D eigenvalue weighted by Gasteiger charge is -2.36. The van der Waals surface area contributed by atoms with E-state index < -0.39 is 22.8 Å². The zero-order chi connectivity index (χ0) is 27.6. The summed E-state index contributed by atoms with van der Waals surface area (Å²) >= 11 is -0.838. The van der Waals surface area contributed by atoms with E-state index in [1.54, 1.807) is 12.1 Å². The van der Waals surface area contributed by atoms with Gasteiger partial charge >= 0.3 is 0 Å². The lowest BCUT2D eigenvalue weighted by Crippen LogP contribution is -2.48. The number of aromatic nitrogens is 5. The molecule has 6 rings (SSSR count). The van der Waals surface area contributed by atoms with E-state index in [1.165, 1.54) is 16.8 Å². The maximum absolute atomic E-state index is 14.7. The van der Waals surface area contributed by atoms with E-state index in [4.69, 9.17) is 14.9 Å². The van der Waals surface area contributed by atoms with Crippen LogP contribution in [-0.4, -0.2) is 90.9 Å². The van der Waals surface area contributed by atoms with Crippen molar-refractivity contribution in [1.82, 2.24) is 29.5 Å². The minimum Gasteiger partial charge on any atom is -0.616 e. The van der Waals surface area contributed by atoms with Crippen molar-refractivity contribution in [2.24, 2.45) is 0 Å². The van der Waals surface area contributed by atoms with Crippen LogP contribution < -0.4 is 20.7 Å². The first-order valence-electron chi connectivity index (χ1n) is 13.1. The summed E-state index contributed by atoms with van der Waals surface area (Å²) in [6.07, 6.45) is 2.52. The highest BCUT2D eigenvalue weighted by Crippen LogP contribution is 2.31. The molecule has 2 fully saturated rings. The topological polar surface area (TPSA) is 146 Å². The molecule has 4 aromatic rings. The maximum atomic E-state index is 14.7. The number of nitrogen functional groups attached to an aromatic ring is 1. The van der Waals surface area contributed by atoms with Crippen LogP contribution in [0.3, 0.4) is 0 Å². The minimum atomic E-state index is -0.838. The summed E-state index contributed by atoms with van der Waals surface area (Å²) in [5.74, 6) is 1.45. The maximum Gasteiger partial charge on any atom is 0.259 e. The molecule has 40 heavy (non-hydrogen) atoms. The number of nitrogens with one attached hydrogen (secondary N) is 1. The van der Waals surface area contributed by atoms with E-state index in [0.717, 1.165) is 6.07 Å². The van der Waals surface area contributed by atoms with Crippen LogP contribution in [0.1, 0.15) is 12.8 Å². The molecule has 0 spiro atoms. The van der Waals surface area contributed by atoms with Gasteiger partial charge in [0.15, 0.2) is 17.3 Å². The molecule has 0 aliphatic carbocycles. The molecule has 2 aliphatic heterocycles. The van der Waals surface area contributed by atoms with E-state index in [1.807, 2.05) is 4.90 Å². The third-order valence-electron chi connectivity index (χ3n) is 7.03. The van der Waals surface area contributed by atoms with Gasteiger partial charge in [-0.1, -0.05) is 11.2 Å². The second-order valence-corrected chi connectivity index (χ2v) is 11.4. The summed E-state index contributed by atoms with van der Waals surface area (Å²) in [6, 6.07) is 5.83. The summed E-state index contributed by atoms with van der Waals surface area (Å²) in [4.78, 5) is 17.2. The smallest absolute Gasteiger partial charge is 0.259 e. The fourth-order valence-corrected chi connectivity index (χ4v) is 6.11. The summed E-state index contributed by atoms with van der Waals surface area (Å²) < 4.78 is 53.3. The van der Waals surface area contributed by atoms with Crippen molar-refractivity contribution < 1.29 is 22.5 Å². The quantitative estimate of drug-likeness (QED) is 0.299. The van der Waals surface area contributed by atoms with E-state index in [-0.39, 0.29) is 17.8 Å². The Morgan fingerprint density at radius 3 is 2.65 bits per heavy atom. The predicted octanol–water partition coefficient (Wildman–Crippen LogP) is 2.16. The normalized spacial score (nSPS) is 20.2. The Bertz CT molecular complexity index is 1460. The Kier molecular flexibility index (Phi) is 7.58. The van der Waals surface area contributed by atoms with Gasteiger partial charge in [-0.25, -0.2) is 8.78 Å². The third kappa shape index (κ3) is 5.76. The fourth-order valence-electron chi connectivity index (χ4n) is 4.85. The molecule has 0 amide bonds. The van der Waals surface area contributed by atoms with Crippen molar-refractivity contribution in [2.75, 3.05) is 66.7 Å². The van der Waals surface area contributed by atoms with Gasteiger partial charge in [0, 0.05) is 64.2 Å². The van der Waals surface area contributed by atoms with Crippen LogP contribution in [0.25, 0.3) is 17.4 Å². The number of nitrogens with zero attached hydrogens (tertiary/aromatic N) is 7. The van der Waals surface area contributed by atoms with Crippen LogP contribution in [0.4, 0.5) is 26.4 Å². The molecule has 0 bridgehead atoms. The van der Waals surface area contributed by atoms with Crippen molar-refractivity contribution in [3.63, 3.8) is 0 Å². The number of fused-ring (bicyclic) bond motifs is 1. The van der Waals surface area contributed by atoms with Crippen LogP contribution in [-0.2, 0) is 11.2 Å². The van der Waals surface area contributed by atoms with E-state index >= 15 is 0 Å². The van der Waals surface area contributed by atoms with E-state index in [9.17, 15) is 13.3 Å². The number of halogens is 2. The van der Waals surface area contributed by atoms with Gasteiger partial charge in [-0.05, 0) is 12.1 Å². The second-order valence-electron chi connectivity index (χ2n) is 9.68. The van der Waals surface area contributed by atoms with Crippen molar-refractivity contribution >= 4 is 34.5 Å². The Morgan fingerprint density at radius 1 is 1.10 bits per heavy atom. The van der Waals surface area contributed by atoms with Crippen molar-refractivity contribution in [1.29, 1.82) is 0 Å². The highest BCUT2D eigenvalue weighted by molar-refractivity contribution is 7.91. The molecule has 3 N–H and O–H groups in total. The van der Waals surface area contributed by atoms with Crippen LogP contribution in [0, 0.1) is 11.6 Å². The average molecular weight is 574 g/mol. The second kappa shape index (κ2) is 11.4. The number of anilines is 3. The van der Waals surface area contributed by atoms with Gasteiger partial charge in [-0.3, -0.25) is 4.90 Å². The average Bonchev–Trinajstić information content (AvgIpc) is 3.63. The fraction of sp³-hybridized carbons (Fsp3) is 0.440. The molecule has 3 aromatic heterocycles. The van der Waals surface area contributed by atoms with E-state index in [0.29, 0.717) is 92.6 Å². The van der Waals surface area contributed by atoms with Crippen LogP contribution in [0.15, 0.2) is 34.9 Å². The van der Waals surface area contributed by atoms with Crippen molar-refractivity contribution in [3.8, 4) is 17.3 Å². The molecule has 2 saturated heterocycles. The van der Waals surface area contributed by atoms with Crippen molar-refractivity contribution in [2.45, 2.75) is 18.9 Å². The minimum absolute atomic E-state index is 0.0425. The number of hydrogen-bond acceptors (Lipinski definition) is 11. The number of benzene rings is 1. The first kappa shape index (κ1) is 26.5. The van der Waals surface area contributed by atoms with Gasteiger partial charge in [0.1, 0.15) is 23.4 Å².